The number of halogens is 1. The van der Waals surface area contributed by atoms with E-state index in [1.165, 1.54) is 6.07 Å². The number of hydrogen-bond acceptors (Lipinski definition) is 3. The zero-order valence-electron chi connectivity index (χ0n) is 9.85. The fourth-order valence-corrected chi connectivity index (χ4v) is 2.08. The van der Waals surface area contributed by atoms with Crippen molar-refractivity contribution >= 4 is 10.9 Å². The molecule has 0 unspecified atom stereocenters. The Labute approximate surface area is 103 Å². The van der Waals surface area contributed by atoms with Crippen LogP contribution in [-0.4, -0.2) is 9.55 Å². The van der Waals surface area contributed by atoms with Gasteiger partial charge in [0.1, 0.15) is 5.82 Å². The number of nitrogens with two attached hydrogens (primary N) is 1. The Hall–Kier alpha value is -2.14. The molecule has 1 aromatic carbocycles. The molecule has 2 aromatic heterocycles. The standard InChI is InChI=1S/C13H12FN3O/c1-17-10-4-2-3-9(14)8(10)5-11(17)12-7-16-13(6-15)18-12/h2-5,7H,6,15H2,1H3. The topological polar surface area (TPSA) is 57.0 Å². The molecule has 0 aliphatic carbocycles. The molecule has 0 bridgehead atoms. The van der Waals surface area contributed by atoms with Crippen molar-refractivity contribution < 1.29 is 8.81 Å². The SMILES string of the molecule is Cn1c(-c2cnc(CN)o2)cc2c(F)cccc21. The van der Waals surface area contributed by atoms with Crippen molar-refractivity contribution in [2.24, 2.45) is 12.8 Å². The molecular weight excluding hydrogens is 233 g/mol. The van der Waals surface area contributed by atoms with Crippen LogP contribution in [0.4, 0.5) is 4.39 Å². The summed E-state index contributed by atoms with van der Waals surface area (Å²) in [6.07, 6.45) is 1.61. The van der Waals surface area contributed by atoms with Gasteiger partial charge in [-0.05, 0) is 18.2 Å². The third-order valence-electron chi connectivity index (χ3n) is 3.01. The predicted octanol–water partition coefficient (Wildman–Crippen LogP) is 2.43. The first-order valence-corrected chi connectivity index (χ1v) is 5.60. The van der Waals surface area contributed by atoms with Crippen molar-refractivity contribution in [3.63, 3.8) is 0 Å². The summed E-state index contributed by atoms with van der Waals surface area (Å²) in [4.78, 5) is 4.05. The highest BCUT2D eigenvalue weighted by molar-refractivity contribution is 5.86. The van der Waals surface area contributed by atoms with Gasteiger partial charge in [0.15, 0.2) is 5.76 Å². The van der Waals surface area contributed by atoms with E-state index in [2.05, 4.69) is 4.98 Å². The lowest BCUT2D eigenvalue weighted by Gasteiger charge is -2.00. The minimum atomic E-state index is -0.243. The third kappa shape index (κ3) is 1.52. The van der Waals surface area contributed by atoms with Gasteiger partial charge in [-0.1, -0.05) is 6.07 Å². The van der Waals surface area contributed by atoms with E-state index < -0.39 is 0 Å². The zero-order chi connectivity index (χ0) is 12.7. The summed E-state index contributed by atoms with van der Waals surface area (Å²) in [7, 11) is 1.86. The maximum atomic E-state index is 13.7. The van der Waals surface area contributed by atoms with Crippen molar-refractivity contribution in [3.05, 3.63) is 42.2 Å². The highest BCUT2D eigenvalue weighted by atomic mass is 19.1. The number of aromatic nitrogens is 2. The smallest absolute Gasteiger partial charge is 0.208 e. The molecule has 0 saturated carbocycles. The third-order valence-corrected chi connectivity index (χ3v) is 3.01. The molecule has 3 aromatic rings. The van der Waals surface area contributed by atoms with E-state index in [0.717, 1.165) is 11.2 Å². The normalized spacial score (nSPS) is 11.3. The number of hydrogen-bond donors (Lipinski definition) is 1. The van der Waals surface area contributed by atoms with Crippen LogP contribution in [0.5, 0.6) is 0 Å². The Kier molecular flexibility index (Phi) is 2.41. The minimum absolute atomic E-state index is 0.243. The molecule has 0 saturated heterocycles. The first kappa shape index (κ1) is 11.0. The molecular formula is C13H12FN3O. The average Bonchev–Trinajstić information content (AvgIpc) is 2.96. The van der Waals surface area contributed by atoms with Crippen LogP contribution in [0.15, 0.2) is 34.9 Å². The lowest BCUT2D eigenvalue weighted by atomic mass is 10.2. The second-order valence-electron chi connectivity index (χ2n) is 4.08. The van der Waals surface area contributed by atoms with E-state index in [9.17, 15) is 4.39 Å². The fraction of sp³-hybridized carbons (Fsp3) is 0.154. The van der Waals surface area contributed by atoms with Crippen molar-refractivity contribution in [2.75, 3.05) is 0 Å². The van der Waals surface area contributed by atoms with E-state index in [-0.39, 0.29) is 12.4 Å². The van der Waals surface area contributed by atoms with Gasteiger partial charge >= 0.3 is 0 Å². The predicted molar refractivity (Wildman–Crippen MR) is 66.3 cm³/mol. The van der Waals surface area contributed by atoms with Gasteiger partial charge in [0.05, 0.1) is 24.0 Å². The molecule has 2 heterocycles. The Morgan fingerprint density at radius 1 is 1.44 bits per heavy atom. The second kappa shape index (κ2) is 3.96. The number of benzene rings is 1. The summed E-state index contributed by atoms with van der Waals surface area (Å²) < 4.78 is 21.1. The molecule has 18 heavy (non-hydrogen) atoms. The van der Waals surface area contributed by atoms with Gasteiger partial charge in [-0.15, -0.1) is 0 Å². The van der Waals surface area contributed by atoms with Gasteiger partial charge in [-0.25, -0.2) is 9.37 Å². The summed E-state index contributed by atoms with van der Waals surface area (Å²) in [5.74, 6) is 0.817. The molecule has 5 heteroatoms. The van der Waals surface area contributed by atoms with Gasteiger partial charge in [0, 0.05) is 12.4 Å². The van der Waals surface area contributed by atoms with E-state index in [1.54, 1.807) is 18.3 Å². The van der Waals surface area contributed by atoms with Crippen LogP contribution >= 0.6 is 0 Å². The maximum absolute atomic E-state index is 13.7. The first-order valence-electron chi connectivity index (χ1n) is 5.60. The first-order chi connectivity index (χ1) is 8.70. The molecule has 0 radical (unpaired) electrons. The van der Waals surface area contributed by atoms with Gasteiger partial charge < -0.3 is 14.7 Å². The molecule has 0 aliphatic rings. The van der Waals surface area contributed by atoms with E-state index >= 15 is 0 Å². The molecule has 0 amide bonds. The Bertz CT molecular complexity index is 714. The Balaban J connectivity index is 2.23. The number of nitrogens with zero attached hydrogens (tertiary/aromatic N) is 2. The summed E-state index contributed by atoms with van der Waals surface area (Å²) in [6.45, 7) is 0.248. The lowest BCUT2D eigenvalue weighted by Crippen LogP contribution is -1.95. The van der Waals surface area contributed by atoms with Crippen LogP contribution in [0.2, 0.25) is 0 Å². The molecule has 0 atom stereocenters. The summed E-state index contributed by atoms with van der Waals surface area (Å²) in [6, 6.07) is 6.75. The van der Waals surface area contributed by atoms with Gasteiger partial charge in [-0.2, -0.15) is 0 Å². The summed E-state index contributed by atoms with van der Waals surface area (Å²) >= 11 is 0. The summed E-state index contributed by atoms with van der Waals surface area (Å²) in [5, 5.41) is 0.570. The average molecular weight is 245 g/mol. The number of aryl methyl sites for hydroxylation is 1. The molecule has 92 valence electrons. The van der Waals surface area contributed by atoms with Crippen molar-refractivity contribution in [1.82, 2.24) is 9.55 Å². The molecule has 2 N–H and O–H groups in total. The molecule has 3 rings (SSSR count). The van der Waals surface area contributed by atoms with Crippen LogP contribution in [0.3, 0.4) is 0 Å². The fourth-order valence-electron chi connectivity index (χ4n) is 2.08. The highest BCUT2D eigenvalue weighted by Gasteiger charge is 2.14. The zero-order valence-corrected chi connectivity index (χ0v) is 9.85. The minimum Gasteiger partial charge on any atom is -0.438 e. The number of oxazole rings is 1. The van der Waals surface area contributed by atoms with Gasteiger partial charge in [-0.3, -0.25) is 0 Å². The van der Waals surface area contributed by atoms with Crippen LogP contribution in [0, 0.1) is 5.82 Å². The van der Waals surface area contributed by atoms with Crippen molar-refractivity contribution in [2.45, 2.75) is 6.54 Å². The number of fused-ring (bicyclic) bond motifs is 1. The quantitative estimate of drug-likeness (QED) is 0.754. The molecule has 0 fully saturated rings. The summed E-state index contributed by atoms with van der Waals surface area (Å²) in [5.41, 5.74) is 7.05. The van der Waals surface area contributed by atoms with E-state index in [1.807, 2.05) is 17.7 Å². The van der Waals surface area contributed by atoms with Gasteiger partial charge in [0.2, 0.25) is 5.89 Å². The lowest BCUT2D eigenvalue weighted by molar-refractivity contribution is 0.506. The van der Waals surface area contributed by atoms with E-state index in [4.69, 9.17) is 10.2 Å². The van der Waals surface area contributed by atoms with Crippen LogP contribution in [0.1, 0.15) is 5.89 Å². The maximum Gasteiger partial charge on any atom is 0.208 e. The van der Waals surface area contributed by atoms with Crippen molar-refractivity contribution in [3.8, 4) is 11.5 Å². The van der Waals surface area contributed by atoms with E-state index in [0.29, 0.717) is 17.0 Å². The van der Waals surface area contributed by atoms with Gasteiger partial charge in [0.25, 0.3) is 0 Å². The van der Waals surface area contributed by atoms with Crippen LogP contribution in [-0.2, 0) is 13.6 Å². The molecule has 0 spiro atoms. The molecule has 0 aliphatic heterocycles. The Morgan fingerprint density at radius 2 is 2.28 bits per heavy atom. The van der Waals surface area contributed by atoms with Crippen LogP contribution in [0.25, 0.3) is 22.4 Å². The molecule has 4 nitrogen and oxygen atoms in total. The largest absolute Gasteiger partial charge is 0.438 e. The monoisotopic (exact) mass is 245 g/mol. The Morgan fingerprint density at radius 3 is 2.94 bits per heavy atom. The number of rotatable bonds is 2. The van der Waals surface area contributed by atoms with Crippen molar-refractivity contribution in [1.29, 1.82) is 0 Å². The highest BCUT2D eigenvalue weighted by Crippen LogP contribution is 2.29. The second-order valence-corrected chi connectivity index (χ2v) is 4.08. The van der Waals surface area contributed by atoms with Crippen LogP contribution < -0.4 is 5.73 Å².